The molecule has 0 saturated carbocycles. The van der Waals surface area contributed by atoms with Crippen molar-refractivity contribution < 1.29 is 0 Å². The van der Waals surface area contributed by atoms with E-state index >= 15 is 0 Å². The highest BCUT2D eigenvalue weighted by molar-refractivity contribution is 8.24. The zero-order valence-electron chi connectivity index (χ0n) is 4.20. The summed E-state index contributed by atoms with van der Waals surface area (Å²) in [5, 5.41) is 3.49. The van der Waals surface area contributed by atoms with Crippen molar-refractivity contribution in [1.29, 1.82) is 0 Å². The predicted molar refractivity (Wildman–Crippen MR) is 40.2 cm³/mol. The van der Waals surface area contributed by atoms with E-state index in [0.717, 1.165) is 10.9 Å². The van der Waals surface area contributed by atoms with E-state index in [0.29, 0.717) is 0 Å². The van der Waals surface area contributed by atoms with Gasteiger partial charge in [0.1, 0.15) is 0 Å². The maximum atomic E-state index is 5.40. The molecule has 0 radical (unpaired) electrons. The third-order valence-corrected chi connectivity index (χ3v) is 2.09. The molecule has 44 valence electrons. The Morgan fingerprint density at radius 1 is 1.88 bits per heavy atom. The molecule has 2 N–H and O–H groups in total. The molecule has 0 fully saturated rings. The first-order valence-electron chi connectivity index (χ1n) is 2.18. The van der Waals surface area contributed by atoms with Crippen molar-refractivity contribution in [3.63, 3.8) is 0 Å². The lowest BCUT2D eigenvalue weighted by molar-refractivity contribution is 0.506. The lowest BCUT2D eigenvalue weighted by atomic mass is 10.6. The van der Waals surface area contributed by atoms with Gasteiger partial charge in [-0.15, -0.1) is 0 Å². The van der Waals surface area contributed by atoms with Crippen LogP contribution in [-0.2, 0) is 0 Å². The Balaban J connectivity index is 2.57. The van der Waals surface area contributed by atoms with Crippen LogP contribution >= 0.6 is 24.0 Å². The van der Waals surface area contributed by atoms with Gasteiger partial charge in [0.2, 0.25) is 0 Å². The molecule has 0 aromatic rings. The fourth-order valence-electron chi connectivity index (χ4n) is 0.405. The van der Waals surface area contributed by atoms with Crippen LogP contribution in [0.4, 0.5) is 0 Å². The van der Waals surface area contributed by atoms with Gasteiger partial charge in [-0.1, -0.05) is 30.1 Å². The van der Waals surface area contributed by atoms with E-state index in [4.69, 9.17) is 18.1 Å². The molecule has 0 saturated heterocycles. The number of nitrogens with two attached hydrogens (primary N) is 1. The molecular formula is C4H6N2S2. The number of thioether (sulfide) groups is 1. The summed E-state index contributed by atoms with van der Waals surface area (Å²) in [6.45, 7) is 0.742. The average Bonchev–Trinajstić information content (AvgIpc) is 1.77. The number of hydrazine groups is 1. The largest absolute Gasteiger partial charge is 0.292 e. The van der Waals surface area contributed by atoms with Gasteiger partial charge in [-0.05, 0) is 5.41 Å². The van der Waals surface area contributed by atoms with Crippen LogP contribution in [0, 0.1) is 0 Å². The SMILES string of the molecule is NN1CC=CSC1=S. The second-order valence-corrected chi connectivity index (χ2v) is 2.95. The monoisotopic (exact) mass is 146 g/mol. The highest BCUT2D eigenvalue weighted by Crippen LogP contribution is 2.11. The molecule has 0 bridgehead atoms. The molecule has 1 rings (SSSR count). The molecule has 0 amide bonds. The maximum Gasteiger partial charge on any atom is 0.154 e. The Kier molecular flexibility index (Phi) is 1.88. The highest BCUT2D eigenvalue weighted by Gasteiger charge is 2.04. The summed E-state index contributed by atoms with van der Waals surface area (Å²) in [6, 6.07) is 0. The summed E-state index contributed by atoms with van der Waals surface area (Å²) in [5.41, 5.74) is 0. The molecule has 0 atom stereocenters. The Bertz CT molecular complexity index is 132. The van der Waals surface area contributed by atoms with Crippen molar-refractivity contribution >= 4 is 28.3 Å². The number of hydrogen-bond acceptors (Lipinski definition) is 3. The van der Waals surface area contributed by atoms with E-state index in [9.17, 15) is 0 Å². The summed E-state index contributed by atoms with van der Waals surface area (Å²) in [7, 11) is 0. The van der Waals surface area contributed by atoms with E-state index < -0.39 is 0 Å². The van der Waals surface area contributed by atoms with Gasteiger partial charge in [-0.3, -0.25) is 5.01 Å². The number of thiocarbonyl (C=S) groups is 1. The molecule has 1 heterocycles. The number of hydrogen-bond donors (Lipinski definition) is 1. The Morgan fingerprint density at radius 2 is 2.62 bits per heavy atom. The van der Waals surface area contributed by atoms with Crippen LogP contribution in [0.2, 0.25) is 0 Å². The van der Waals surface area contributed by atoms with Crippen LogP contribution in [0.3, 0.4) is 0 Å². The molecule has 1 aliphatic rings. The first kappa shape index (κ1) is 6.07. The smallest absolute Gasteiger partial charge is 0.154 e. The molecule has 1 aliphatic heterocycles. The van der Waals surface area contributed by atoms with Crippen molar-refractivity contribution in [3.05, 3.63) is 11.5 Å². The van der Waals surface area contributed by atoms with E-state index in [2.05, 4.69) is 0 Å². The minimum atomic E-state index is 0.742. The second-order valence-electron chi connectivity index (χ2n) is 1.41. The normalized spacial score (nSPS) is 19.6. The molecule has 0 spiro atoms. The van der Waals surface area contributed by atoms with Crippen molar-refractivity contribution in [3.8, 4) is 0 Å². The second kappa shape index (κ2) is 2.48. The highest BCUT2D eigenvalue weighted by atomic mass is 32.2. The average molecular weight is 146 g/mol. The molecule has 0 unspecified atom stereocenters. The van der Waals surface area contributed by atoms with Crippen LogP contribution < -0.4 is 5.84 Å². The zero-order valence-corrected chi connectivity index (χ0v) is 5.84. The Labute approximate surface area is 57.7 Å². The standard InChI is InChI=1S/C4H6N2S2/c5-6-2-1-3-8-4(6)7/h1,3H,2,5H2. The van der Waals surface area contributed by atoms with Crippen LogP contribution in [0.1, 0.15) is 0 Å². The summed E-state index contributed by atoms with van der Waals surface area (Å²) in [6.07, 6.45) is 1.97. The maximum absolute atomic E-state index is 5.40. The molecule has 2 nitrogen and oxygen atoms in total. The van der Waals surface area contributed by atoms with Crippen LogP contribution in [0.25, 0.3) is 0 Å². The van der Waals surface area contributed by atoms with Crippen LogP contribution in [-0.4, -0.2) is 15.9 Å². The summed E-state index contributed by atoms with van der Waals surface area (Å²) < 4.78 is 0.743. The predicted octanol–water partition coefficient (Wildman–Crippen LogP) is 0.708. The van der Waals surface area contributed by atoms with Gasteiger partial charge >= 0.3 is 0 Å². The summed E-state index contributed by atoms with van der Waals surface area (Å²) in [5.74, 6) is 5.40. The molecule has 4 heteroatoms. The minimum Gasteiger partial charge on any atom is -0.292 e. The quantitative estimate of drug-likeness (QED) is 0.402. The van der Waals surface area contributed by atoms with Gasteiger partial charge in [0, 0.05) is 0 Å². The fourth-order valence-corrected chi connectivity index (χ4v) is 1.15. The third kappa shape index (κ3) is 1.21. The van der Waals surface area contributed by atoms with Crippen molar-refractivity contribution in [1.82, 2.24) is 5.01 Å². The van der Waals surface area contributed by atoms with E-state index in [1.54, 1.807) is 5.01 Å². The van der Waals surface area contributed by atoms with Crippen molar-refractivity contribution in [2.45, 2.75) is 0 Å². The van der Waals surface area contributed by atoms with Crippen molar-refractivity contribution in [2.24, 2.45) is 5.84 Å². The first-order valence-corrected chi connectivity index (χ1v) is 3.47. The van der Waals surface area contributed by atoms with Gasteiger partial charge < -0.3 is 0 Å². The molecule has 0 aromatic carbocycles. The van der Waals surface area contributed by atoms with Crippen molar-refractivity contribution in [2.75, 3.05) is 6.54 Å². The summed E-state index contributed by atoms with van der Waals surface area (Å²) >= 11 is 6.32. The Morgan fingerprint density at radius 3 is 3.00 bits per heavy atom. The minimum absolute atomic E-state index is 0.742. The first-order chi connectivity index (χ1) is 3.80. The third-order valence-electron chi connectivity index (χ3n) is 0.802. The lowest BCUT2D eigenvalue weighted by Gasteiger charge is -2.18. The lowest BCUT2D eigenvalue weighted by Crippen LogP contribution is -2.35. The van der Waals surface area contributed by atoms with Gasteiger partial charge in [0.05, 0.1) is 6.54 Å². The summed E-state index contributed by atoms with van der Waals surface area (Å²) in [4.78, 5) is 0. The molecular weight excluding hydrogens is 140 g/mol. The van der Waals surface area contributed by atoms with Gasteiger partial charge in [-0.25, -0.2) is 5.84 Å². The van der Waals surface area contributed by atoms with E-state index in [-0.39, 0.29) is 0 Å². The fraction of sp³-hybridized carbons (Fsp3) is 0.250. The number of rotatable bonds is 0. The molecule has 8 heavy (non-hydrogen) atoms. The Hall–Kier alpha value is -0.0600. The number of nitrogens with zero attached hydrogens (tertiary/aromatic N) is 1. The topological polar surface area (TPSA) is 29.3 Å². The zero-order chi connectivity index (χ0) is 5.98. The van der Waals surface area contributed by atoms with Gasteiger partial charge in [0.25, 0.3) is 0 Å². The molecule has 0 aromatic heterocycles. The van der Waals surface area contributed by atoms with Crippen LogP contribution in [0.15, 0.2) is 11.5 Å². The van der Waals surface area contributed by atoms with E-state index in [1.165, 1.54) is 11.8 Å². The van der Waals surface area contributed by atoms with Gasteiger partial charge in [0.15, 0.2) is 4.32 Å². The van der Waals surface area contributed by atoms with E-state index in [1.807, 2.05) is 11.5 Å². The van der Waals surface area contributed by atoms with Crippen LogP contribution in [0.5, 0.6) is 0 Å². The molecule has 0 aliphatic carbocycles. The van der Waals surface area contributed by atoms with Gasteiger partial charge in [-0.2, -0.15) is 0 Å².